The Balaban J connectivity index is 3.82. The molecule has 0 aliphatic heterocycles. The van der Waals surface area contributed by atoms with E-state index in [1.165, 1.54) is 11.8 Å². The second kappa shape index (κ2) is 3.75. The first-order valence-corrected chi connectivity index (χ1v) is 4.51. The standard InChI is InChI=1S/C3H6ClNO4S/c1-9-2-3(6)5-10(4,7)8/h2H2,1H3,(H,5,6). The molecule has 7 heteroatoms. The number of ether oxygens (including phenoxy) is 1. The molecule has 0 aromatic rings. The number of methoxy groups -OCH3 is 1. The highest BCUT2D eigenvalue weighted by Crippen LogP contribution is 1.88. The van der Waals surface area contributed by atoms with Crippen LogP contribution < -0.4 is 4.72 Å². The number of amides is 1. The molecule has 0 radical (unpaired) electrons. The van der Waals surface area contributed by atoms with E-state index >= 15 is 0 Å². The molecule has 0 fully saturated rings. The highest BCUT2D eigenvalue weighted by molar-refractivity contribution is 8.12. The summed E-state index contributed by atoms with van der Waals surface area (Å²) in [4.78, 5) is 10.4. The fraction of sp³-hybridized carbons (Fsp3) is 0.667. The van der Waals surface area contributed by atoms with Crippen molar-refractivity contribution in [3.05, 3.63) is 0 Å². The number of hydrogen-bond acceptors (Lipinski definition) is 4. The van der Waals surface area contributed by atoms with Gasteiger partial charge in [-0.1, -0.05) is 0 Å². The molecule has 0 aromatic carbocycles. The molecule has 0 aliphatic carbocycles. The highest BCUT2D eigenvalue weighted by atomic mass is 35.7. The fourth-order valence-corrected chi connectivity index (χ4v) is 0.886. The number of halogens is 1. The van der Waals surface area contributed by atoms with Crippen LogP contribution >= 0.6 is 10.7 Å². The van der Waals surface area contributed by atoms with Gasteiger partial charge in [-0.05, 0) is 0 Å². The van der Waals surface area contributed by atoms with Crippen molar-refractivity contribution in [3.8, 4) is 0 Å². The van der Waals surface area contributed by atoms with Gasteiger partial charge < -0.3 is 4.74 Å². The van der Waals surface area contributed by atoms with Crippen LogP contribution in [0.4, 0.5) is 0 Å². The lowest BCUT2D eigenvalue weighted by atomic mass is 10.7. The molecular formula is C3H6ClNO4S. The van der Waals surface area contributed by atoms with Gasteiger partial charge in [-0.15, -0.1) is 0 Å². The molecule has 0 bridgehead atoms. The normalized spacial score (nSPS) is 11.0. The van der Waals surface area contributed by atoms with Crippen LogP contribution in [0.1, 0.15) is 0 Å². The lowest BCUT2D eigenvalue weighted by molar-refractivity contribution is -0.122. The van der Waals surface area contributed by atoms with Crippen LogP contribution in [-0.2, 0) is 18.8 Å². The average molecular weight is 188 g/mol. The van der Waals surface area contributed by atoms with Crippen molar-refractivity contribution in [3.63, 3.8) is 0 Å². The first-order valence-electron chi connectivity index (χ1n) is 2.20. The van der Waals surface area contributed by atoms with E-state index < -0.39 is 15.1 Å². The summed E-state index contributed by atoms with van der Waals surface area (Å²) < 4.78 is 26.0. The highest BCUT2D eigenvalue weighted by Gasteiger charge is 2.08. The fourth-order valence-electron chi connectivity index (χ4n) is 0.297. The van der Waals surface area contributed by atoms with Gasteiger partial charge in [0.1, 0.15) is 6.61 Å². The second-order valence-corrected chi connectivity index (χ2v) is 3.69. The van der Waals surface area contributed by atoms with Gasteiger partial charge in [0.05, 0.1) is 0 Å². The van der Waals surface area contributed by atoms with Gasteiger partial charge in [0.25, 0.3) is 5.91 Å². The van der Waals surface area contributed by atoms with Crippen molar-refractivity contribution in [1.29, 1.82) is 0 Å². The lowest BCUT2D eigenvalue weighted by Crippen LogP contribution is -2.29. The van der Waals surface area contributed by atoms with Crippen molar-refractivity contribution < 1.29 is 17.9 Å². The molecule has 0 spiro atoms. The molecule has 0 aromatic heterocycles. The van der Waals surface area contributed by atoms with Crippen molar-refractivity contribution in [2.75, 3.05) is 13.7 Å². The largest absolute Gasteiger partial charge is 0.375 e. The van der Waals surface area contributed by atoms with E-state index in [0.29, 0.717) is 0 Å². The third-order valence-corrected chi connectivity index (χ3v) is 1.21. The maximum Gasteiger partial charge on any atom is 0.321 e. The lowest BCUT2D eigenvalue weighted by Gasteiger charge is -1.97. The summed E-state index contributed by atoms with van der Waals surface area (Å²) in [5.74, 6) is -0.794. The van der Waals surface area contributed by atoms with Crippen molar-refractivity contribution in [1.82, 2.24) is 4.72 Å². The number of rotatable bonds is 3. The first kappa shape index (κ1) is 9.67. The molecule has 0 unspecified atom stereocenters. The third kappa shape index (κ3) is 5.80. The molecule has 0 saturated heterocycles. The summed E-state index contributed by atoms with van der Waals surface area (Å²) in [6, 6.07) is 0. The minimum Gasteiger partial charge on any atom is -0.375 e. The summed E-state index contributed by atoms with van der Waals surface area (Å²) >= 11 is 0. The third-order valence-electron chi connectivity index (χ3n) is 0.511. The van der Waals surface area contributed by atoms with Crippen LogP contribution in [0.2, 0.25) is 0 Å². The maximum atomic E-state index is 10.4. The molecule has 5 nitrogen and oxygen atoms in total. The average Bonchev–Trinajstić information content (AvgIpc) is 1.59. The molecule has 60 valence electrons. The van der Waals surface area contributed by atoms with E-state index in [1.807, 2.05) is 0 Å². The Bertz CT molecular complexity index is 211. The Morgan fingerprint density at radius 2 is 2.20 bits per heavy atom. The van der Waals surface area contributed by atoms with Crippen LogP contribution in [0.25, 0.3) is 0 Å². The zero-order valence-electron chi connectivity index (χ0n) is 5.13. The van der Waals surface area contributed by atoms with Crippen LogP contribution in [0.3, 0.4) is 0 Å². The Hall–Kier alpha value is -0.330. The predicted molar refractivity (Wildman–Crippen MR) is 34.8 cm³/mol. The monoisotopic (exact) mass is 187 g/mol. The van der Waals surface area contributed by atoms with Gasteiger partial charge in [-0.2, -0.15) is 8.42 Å². The second-order valence-electron chi connectivity index (χ2n) is 1.40. The van der Waals surface area contributed by atoms with Gasteiger partial charge in [-0.25, -0.2) is 4.72 Å². The molecule has 0 saturated carbocycles. The minimum absolute atomic E-state index is 0.327. The molecular weight excluding hydrogens is 182 g/mol. The molecule has 10 heavy (non-hydrogen) atoms. The zero-order valence-corrected chi connectivity index (χ0v) is 6.70. The van der Waals surface area contributed by atoms with E-state index in [9.17, 15) is 13.2 Å². The molecule has 1 N–H and O–H groups in total. The van der Waals surface area contributed by atoms with Gasteiger partial charge in [0, 0.05) is 17.8 Å². The Labute approximate surface area is 62.9 Å². The first-order chi connectivity index (χ1) is 4.45. The minimum atomic E-state index is -3.95. The van der Waals surface area contributed by atoms with Crippen LogP contribution in [0.5, 0.6) is 0 Å². The van der Waals surface area contributed by atoms with E-state index in [1.54, 1.807) is 0 Å². The summed E-state index contributed by atoms with van der Waals surface area (Å²) in [5, 5.41) is 0. The van der Waals surface area contributed by atoms with Crippen LogP contribution in [-0.4, -0.2) is 28.0 Å². The van der Waals surface area contributed by atoms with E-state index in [4.69, 9.17) is 0 Å². The van der Waals surface area contributed by atoms with E-state index in [2.05, 4.69) is 15.4 Å². The van der Waals surface area contributed by atoms with Crippen LogP contribution in [0.15, 0.2) is 0 Å². The van der Waals surface area contributed by atoms with Gasteiger partial charge in [0.2, 0.25) is 0 Å². The molecule has 0 aliphatic rings. The Kier molecular flexibility index (Phi) is 3.62. The molecule has 0 heterocycles. The Morgan fingerprint density at radius 3 is 2.50 bits per heavy atom. The maximum absolute atomic E-state index is 10.4. The van der Waals surface area contributed by atoms with E-state index in [-0.39, 0.29) is 6.61 Å². The van der Waals surface area contributed by atoms with Crippen molar-refractivity contribution >= 4 is 25.8 Å². The predicted octanol–water partition coefficient (Wildman–Crippen LogP) is -0.767. The number of carbonyl (C=O) groups excluding carboxylic acids is 1. The summed E-state index contributed by atoms with van der Waals surface area (Å²) in [6.07, 6.45) is 0. The van der Waals surface area contributed by atoms with Gasteiger partial charge in [-0.3, -0.25) is 4.79 Å². The number of hydrogen-bond donors (Lipinski definition) is 1. The summed E-state index contributed by atoms with van der Waals surface area (Å²) in [7, 11) is 1.96. The topological polar surface area (TPSA) is 72.5 Å². The Morgan fingerprint density at radius 1 is 1.70 bits per heavy atom. The molecule has 1 amide bonds. The van der Waals surface area contributed by atoms with Crippen LogP contribution in [0, 0.1) is 0 Å². The summed E-state index contributed by atoms with van der Waals surface area (Å²) in [6.45, 7) is -0.327. The van der Waals surface area contributed by atoms with E-state index in [0.717, 1.165) is 0 Å². The molecule has 0 atom stereocenters. The SMILES string of the molecule is COCC(=O)NS(=O)(=O)Cl. The van der Waals surface area contributed by atoms with Crippen molar-refractivity contribution in [2.45, 2.75) is 0 Å². The van der Waals surface area contributed by atoms with Gasteiger partial charge >= 0.3 is 9.24 Å². The smallest absolute Gasteiger partial charge is 0.321 e. The number of nitrogens with one attached hydrogen (secondary N) is 1. The number of carbonyl (C=O) groups is 1. The molecule has 0 rings (SSSR count). The zero-order chi connectivity index (χ0) is 8.20. The summed E-state index contributed by atoms with van der Waals surface area (Å²) in [5.41, 5.74) is 0. The van der Waals surface area contributed by atoms with Gasteiger partial charge in [0.15, 0.2) is 0 Å². The quantitative estimate of drug-likeness (QED) is 0.589. The van der Waals surface area contributed by atoms with Crippen molar-refractivity contribution in [2.24, 2.45) is 0 Å².